The van der Waals surface area contributed by atoms with E-state index in [1.165, 1.54) is 18.4 Å². The smallest absolute Gasteiger partial charge is 0.202 e. The van der Waals surface area contributed by atoms with Gasteiger partial charge in [-0.3, -0.25) is 9.78 Å². The SMILES string of the molecule is O=c1c(-c2ccccn2)coc2ccc3cc(F)ccc3c12. The van der Waals surface area contributed by atoms with Gasteiger partial charge < -0.3 is 4.42 Å². The van der Waals surface area contributed by atoms with E-state index in [0.29, 0.717) is 33.0 Å². The van der Waals surface area contributed by atoms with E-state index in [1.54, 1.807) is 36.5 Å². The third-order valence-corrected chi connectivity index (χ3v) is 3.66. The van der Waals surface area contributed by atoms with Crippen LogP contribution in [0.2, 0.25) is 0 Å². The first kappa shape index (κ1) is 12.7. The Kier molecular flexibility index (Phi) is 2.76. The highest BCUT2D eigenvalue weighted by Gasteiger charge is 2.12. The van der Waals surface area contributed by atoms with Gasteiger partial charge in [0, 0.05) is 6.20 Å². The molecule has 22 heavy (non-hydrogen) atoms. The van der Waals surface area contributed by atoms with Crippen molar-refractivity contribution in [3.05, 3.63) is 77.0 Å². The van der Waals surface area contributed by atoms with Crippen molar-refractivity contribution < 1.29 is 8.81 Å². The first-order valence-corrected chi connectivity index (χ1v) is 6.79. The first-order chi connectivity index (χ1) is 10.7. The molecule has 0 aliphatic rings. The van der Waals surface area contributed by atoms with Gasteiger partial charge in [-0.2, -0.15) is 0 Å². The Morgan fingerprint density at radius 2 is 1.95 bits per heavy atom. The molecule has 106 valence electrons. The van der Waals surface area contributed by atoms with Crippen LogP contribution in [0.25, 0.3) is 33.0 Å². The van der Waals surface area contributed by atoms with Gasteiger partial charge in [-0.25, -0.2) is 4.39 Å². The predicted molar refractivity (Wildman–Crippen MR) is 83.2 cm³/mol. The highest BCUT2D eigenvalue weighted by molar-refractivity contribution is 6.06. The zero-order valence-electron chi connectivity index (χ0n) is 11.4. The standard InChI is InChI=1S/C18H10FNO2/c19-12-5-6-13-11(9-12)4-7-16-17(13)18(21)14(10-22-16)15-3-1-2-8-20-15/h1-10H. The van der Waals surface area contributed by atoms with Crippen LogP contribution in [0.4, 0.5) is 4.39 Å². The van der Waals surface area contributed by atoms with E-state index in [-0.39, 0.29) is 11.2 Å². The molecule has 2 heterocycles. The summed E-state index contributed by atoms with van der Waals surface area (Å²) >= 11 is 0. The van der Waals surface area contributed by atoms with Crippen LogP contribution < -0.4 is 5.43 Å². The van der Waals surface area contributed by atoms with Crippen LogP contribution in [0.5, 0.6) is 0 Å². The van der Waals surface area contributed by atoms with Gasteiger partial charge in [0.05, 0.1) is 16.6 Å². The molecular formula is C18H10FNO2. The average molecular weight is 291 g/mol. The van der Waals surface area contributed by atoms with Crippen molar-refractivity contribution in [1.82, 2.24) is 4.98 Å². The number of rotatable bonds is 1. The molecule has 0 atom stereocenters. The molecule has 0 unspecified atom stereocenters. The average Bonchev–Trinajstić information content (AvgIpc) is 2.55. The van der Waals surface area contributed by atoms with E-state index < -0.39 is 0 Å². The molecule has 0 bridgehead atoms. The zero-order valence-corrected chi connectivity index (χ0v) is 11.4. The molecule has 0 saturated carbocycles. The molecule has 0 spiro atoms. The van der Waals surface area contributed by atoms with Gasteiger partial charge in [0.25, 0.3) is 0 Å². The summed E-state index contributed by atoms with van der Waals surface area (Å²) in [5.74, 6) is -0.336. The Balaban J connectivity index is 2.14. The van der Waals surface area contributed by atoms with Crippen molar-refractivity contribution in [2.24, 2.45) is 0 Å². The maximum atomic E-state index is 13.4. The van der Waals surface area contributed by atoms with Crippen LogP contribution in [-0.2, 0) is 0 Å². The fourth-order valence-corrected chi connectivity index (χ4v) is 2.62. The molecule has 0 saturated heterocycles. The van der Waals surface area contributed by atoms with Crippen LogP contribution in [0.1, 0.15) is 0 Å². The van der Waals surface area contributed by atoms with Crippen LogP contribution in [0.3, 0.4) is 0 Å². The Morgan fingerprint density at radius 3 is 2.77 bits per heavy atom. The van der Waals surface area contributed by atoms with E-state index in [1.807, 2.05) is 6.07 Å². The minimum atomic E-state index is -0.336. The number of benzene rings is 2. The Hall–Kier alpha value is -3.01. The monoisotopic (exact) mass is 291 g/mol. The van der Waals surface area contributed by atoms with Crippen molar-refractivity contribution in [2.75, 3.05) is 0 Å². The fourth-order valence-electron chi connectivity index (χ4n) is 2.62. The summed E-state index contributed by atoms with van der Waals surface area (Å²) in [5.41, 5.74) is 1.25. The summed E-state index contributed by atoms with van der Waals surface area (Å²) in [7, 11) is 0. The molecule has 0 amide bonds. The lowest BCUT2D eigenvalue weighted by atomic mass is 10.0. The summed E-state index contributed by atoms with van der Waals surface area (Å²) in [5, 5.41) is 1.78. The maximum absolute atomic E-state index is 13.4. The second-order valence-electron chi connectivity index (χ2n) is 5.00. The van der Waals surface area contributed by atoms with Gasteiger partial charge in [0.2, 0.25) is 5.43 Å². The summed E-state index contributed by atoms with van der Waals surface area (Å²) in [6.45, 7) is 0. The van der Waals surface area contributed by atoms with Gasteiger partial charge in [-0.1, -0.05) is 18.2 Å². The molecule has 2 aromatic heterocycles. The van der Waals surface area contributed by atoms with E-state index in [9.17, 15) is 9.18 Å². The van der Waals surface area contributed by atoms with Crippen LogP contribution >= 0.6 is 0 Å². The number of fused-ring (bicyclic) bond motifs is 3. The Morgan fingerprint density at radius 1 is 1.05 bits per heavy atom. The molecule has 4 rings (SSSR count). The number of aromatic nitrogens is 1. The first-order valence-electron chi connectivity index (χ1n) is 6.79. The van der Waals surface area contributed by atoms with E-state index in [2.05, 4.69) is 4.98 Å². The minimum absolute atomic E-state index is 0.169. The molecule has 0 aliphatic carbocycles. The highest BCUT2D eigenvalue weighted by atomic mass is 19.1. The summed E-state index contributed by atoms with van der Waals surface area (Å²) in [4.78, 5) is 17.0. The van der Waals surface area contributed by atoms with E-state index in [4.69, 9.17) is 4.42 Å². The van der Waals surface area contributed by atoms with Crippen molar-refractivity contribution in [2.45, 2.75) is 0 Å². The molecular weight excluding hydrogens is 281 g/mol. The van der Waals surface area contributed by atoms with Gasteiger partial charge in [0.15, 0.2) is 0 Å². The number of halogens is 1. The van der Waals surface area contributed by atoms with E-state index in [0.717, 1.165) is 0 Å². The minimum Gasteiger partial charge on any atom is -0.463 e. The second kappa shape index (κ2) is 4.77. The zero-order chi connectivity index (χ0) is 15.1. The topological polar surface area (TPSA) is 43.1 Å². The lowest BCUT2D eigenvalue weighted by Crippen LogP contribution is -2.06. The van der Waals surface area contributed by atoms with Crippen molar-refractivity contribution in [3.63, 3.8) is 0 Å². The van der Waals surface area contributed by atoms with Crippen LogP contribution in [0.15, 0.2) is 70.2 Å². The Labute approximate surface area is 124 Å². The number of nitrogens with zero attached hydrogens (tertiary/aromatic N) is 1. The normalized spacial score (nSPS) is 11.1. The molecule has 0 N–H and O–H groups in total. The lowest BCUT2D eigenvalue weighted by molar-refractivity contribution is 0.604. The van der Waals surface area contributed by atoms with Crippen LogP contribution in [0, 0.1) is 5.82 Å². The maximum Gasteiger partial charge on any atom is 0.202 e. The van der Waals surface area contributed by atoms with Gasteiger partial charge in [-0.05, 0) is 41.1 Å². The van der Waals surface area contributed by atoms with E-state index >= 15 is 0 Å². The number of pyridine rings is 1. The lowest BCUT2D eigenvalue weighted by Gasteiger charge is -2.05. The largest absolute Gasteiger partial charge is 0.463 e. The van der Waals surface area contributed by atoms with Crippen molar-refractivity contribution in [1.29, 1.82) is 0 Å². The van der Waals surface area contributed by atoms with Crippen molar-refractivity contribution >= 4 is 21.7 Å². The molecule has 0 radical (unpaired) electrons. The molecule has 2 aromatic carbocycles. The third-order valence-electron chi connectivity index (χ3n) is 3.66. The van der Waals surface area contributed by atoms with Crippen molar-refractivity contribution in [3.8, 4) is 11.3 Å². The second-order valence-corrected chi connectivity index (χ2v) is 5.00. The summed E-state index contributed by atoms with van der Waals surface area (Å²) in [6.07, 6.45) is 3.04. The summed E-state index contributed by atoms with van der Waals surface area (Å²) in [6, 6.07) is 13.1. The number of hydrogen-bond donors (Lipinski definition) is 0. The quantitative estimate of drug-likeness (QED) is 0.495. The van der Waals surface area contributed by atoms with Gasteiger partial charge in [-0.15, -0.1) is 0 Å². The Bertz CT molecular complexity index is 1060. The van der Waals surface area contributed by atoms with Crippen LogP contribution in [-0.4, -0.2) is 4.98 Å². The molecule has 4 heteroatoms. The van der Waals surface area contributed by atoms with Gasteiger partial charge >= 0.3 is 0 Å². The summed E-state index contributed by atoms with van der Waals surface area (Å²) < 4.78 is 19.0. The third kappa shape index (κ3) is 1.89. The predicted octanol–water partition coefficient (Wildman–Crippen LogP) is 4.15. The molecule has 3 nitrogen and oxygen atoms in total. The number of hydrogen-bond acceptors (Lipinski definition) is 3. The molecule has 4 aromatic rings. The van der Waals surface area contributed by atoms with Gasteiger partial charge in [0.1, 0.15) is 17.7 Å². The fraction of sp³-hybridized carbons (Fsp3) is 0. The highest BCUT2D eigenvalue weighted by Crippen LogP contribution is 2.26. The molecule has 0 aliphatic heterocycles. The molecule has 0 fully saturated rings.